The second kappa shape index (κ2) is 15.9. The van der Waals surface area contributed by atoms with E-state index in [9.17, 15) is 14.4 Å². The second-order valence-electron chi connectivity index (χ2n) is 11.7. The number of hydrogen-bond donors (Lipinski definition) is 3. The Kier molecular flexibility index (Phi) is 12.0. The number of alkyl carbamates (subject to hydrolysis) is 1. The molecule has 1 aromatic rings. The highest BCUT2D eigenvalue weighted by molar-refractivity contribution is 5.75. The van der Waals surface area contributed by atoms with Gasteiger partial charge in [0.1, 0.15) is 24.6 Å². The summed E-state index contributed by atoms with van der Waals surface area (Å²) in [5.74, 6) is 0.645. The van der Waals surface area contributed by atoms with Crippen molar-refractivity contribution < 1.29 is 43.3 Å². The van der Waals surface area contributed by atoms with Gasteiger partial charge in [-0.15, -0.1) is 0 Å². The Balaban J connectivity index is 1.31. The summed E-state index contributed by atoms with van der Waals surface area (Å²) in [4.78, 5) is 36.2. The molecule has 3 aliphatic rings. The molecule has 1 aromatic carbocycles. The number of allylic oxidation sites excluding steroid dienone is 3. The van der Waals surface area contributed by atoms with E-state index >= 15 is 0 Å². The van der Waals surface area contributed by atoms with Gasteiger partial charge in [0.05, 0.1) is 32.8 Å². The third-order valence-electron chi connectivity index (χ3n) is 8.41. The quantitative estimate of drug-likeness (QED) is 0.132. The van der Waals surface area contributed by atoms with Gasteiger partial charge in [0.15, 0.2) is 0 Å². The third kappa shape index (κ3) is 9.54. The van der Waals surface area contributed by atoms with Crippen molar-refractivity contribution in [2.45, 2.75) is 70.9 Å². The molecule has 43 heavy (non-hydrogen) atoms. The van der Waals surface area contributed by atoms with Gasteiger partial charge in [0.2, 0.25) is 0 Å². The molecule has 0 unspecified atom stereocenters. The summed E-state index contributed by atoms with van der Waals surface area (Å²) >= 11 is 0. The van der Waals surface area contributed by atoms with Gasteiger partial charge in [-0.05, 0) is 60.3 Å². The van der Waals surface area contributed by atoms with Crippen LogP contribution in [-0.4, -0.2) is 68.4 Å². The van der Waals surface area contributed by atoms with Crippen LogP contribution in [0.4, 0.5) is 4.79 Å². The average molecular weight is 601 g/mol. The summed E-state index contributed by atoms with van der Waals surface area (Å²) in [7, 11) is 1.63. The van der Waals surface area contributed by atoms with Crippen molar-refractivity contribution in [1.82, 2.24) is 10.8 Å². The smallest absolute Gasteiger partial charge is 0.407 e. The topological polar surface area (TPSA) is 142 Å². The van der Waals surface area contributed by atoms with Gasteiger partial charge in [-0.1, -0.05) is 44.2 Å². The fourth-order valence-corrected chi connectivity index (χ4v) is 6.29. The zero-order valence-corrected chi connectivity index (χ0v) is 25.2. The lowest BCUT2D eigenvalue weighted by Gasteiger charge is -2.43. The van der Waals surface area contributed by atoms with Gasteiger partial charge >= 0.3 is 12.1 Å². The van der Waals surface area contributed by atoms with E-state index in [1.165, 1.54) is 11.1 Å². The largest absolute Gasteiger partial charge is 0.497 e. The number of nitrogens with one attached hydrogen (secondary N) is 2. The molecule has 7 atom stereocenters. The molecule has 11 nitrogen and oxygen atoms in total. The minimum atomic E-state index is -0.664. The molecular weight excluding hydrogens is 556 g/mol. The zero-order valence-electron chi connectivity index (χ0n) is 25.2. The van der Waals surface area contributed by atoms with Gasteiger partial charge < -0.3 is 29.0 Å². The first kappa shape index (κ1) is 32.5. The predicted molar refractivity (Wildman–Crippen MR) is 156 cm³/mol. The number of fused-ring (bicyclic) bond motifs is 1. The van der Waals surface area contributed by atoms with E-state index in [0.29, 0.717) is 25.9 Å². The van der Waals surface area contributed by atoms with Crippen LogP contribution >= 0.6 is 0 Å². The highest BCUT2D eigenvalue weighted by atomic mass is 16.6. The number of benzene rings is 1. The molecule has 0 saturated carbocycles. The number of hydroxylamine groups is 1. The maximum atomic E-state index is 12.7. The molecule has 1 aliphatic heterocycles. The van der Waals surface area contributed by atoms with Gasteiger partial charge in [-0.2, -0.15) is 0 Å². The lowest BCUT2D eigenvalue weighted by molar-refractivity contribution is -0.164. The fourth-order valence-electron chi connectivity index (χ4n) is 6.29. The lowest BCUT2D eigenvalue weighted by Crippen LogP contribution is -2.43. The predicted octanol–water partition coefficient (Wildman–Crippen LogP) is 4.09. The first-order valence-electron chi connectivity index (χ1n) is 15.0. The van der Waals surface area contributed by atoms with Crippen molar-refractivity contribution in [3.05, 3.63) is 53.6 Å². The molecule has 0 spiro atoms. The number of amides is 2. The number of ether oxygens (including phenoxy) is 5. The van der Waals surface area contributed by atoms with Gasteiger partial charge in [0.25, 0.3) is 5.91 Å². The third-order valence-corrected chi connectivity index (χ3v) is 8.41. The Hall–Kier alpha value is -3.41. The maximum Gasteiger partial charge on any atom is 0.407 e. The van der Waals surface area contributed by atoms with E-state index in [2.05, 4.69) is 37.4 Å². The van der Waals surface area contributed by atoms with Crippen LogP contribution in [0.2, 0.25) is 0 Å². The van der Waals surface area contributed by atoms with E-state index in [4.69, 9.17) is 28.9 Å². The molecule has 4 rings (SSSR count). The Morgan fingerprint density at radius 1 is 1.12 bits per heavy atom. The highest BCUT2D eigenvalue weighted by Crippen LogP contribution is 2.45. The van der Waals surface area contributed by atoms with Crippen molar-refractivity contribution in [3.63, 3.8) is 0 Å². The second-order valence-corrected chi connectivity index (χ2v) is 11.7. The van der Waals surface area contributed by atoms with Crippen LogP contribution in [0.3, 0.4) is 0 Å². The molecule has 0 radical (unpaired) electrons. The van der Waals surface area contributed by atoms with Crippen LogP contribution < -0.4 is 15.5 Å². The number of carbonyl (C=O) groups excluding carboxylic acids is 3. The Morgan fingerprint density at radius 3 is 2.65 bits per heavy atom. The zero-order chi connectivity index (χ0) is 30.8. The molecular formula is C32H44N2O9. The lowest BCUT2D eigenvalue weighted by atomic mass is 9.65. The van der Waals surface area contributed by atoms with E-state index < -0.39 is 12.0 Å². The SMILES string of the molecule is COc1ccc(CO[C@H]2CC(=O)O[C@H](CC[C@@H]3[C@@H]4C(=C[C@H](C)C[C@@H]4OC(=O)NCCOCC(=O)NO)C=C[C@@H]3C)C2)cc1. The number of rotatable bonds is 13. The Bertz CT molecular complexity index is 1150. The molecule has 3 N–H and O–H groups in total. The molecule has 1 fully saturated rings. The van der Waals surface area contributed by atoms with Crippen molar-refractivity contribution in [2.24, 2.45) is 23.7 Å². The van der Waals surface area contributed by atoms with E-state index in [0.717, 1.165) is 17.7 Å². The summed E-state index contributed by atoms with van der Waals surface area (Å²) in [6, 6.07) is 7.69. The molecule has 236 valence electrons. The standard InChI is InChI=1S/C32H44N2O9/c1-20-14-23-7-4-21(2)27(31(23)28(15-20)43-32(37)33-12-13-40-19-29(35)34-38)11-10-25-16-26(17-30(36)42-25)41-18-22-5-8-24(39-3)9-6-22/h4-9,14,20-21,25-28,31,38H,10-13,15-19H2,1-3H3,(H,33,37)(H,34,35)/t20-,21-,25+,26+,27-,28-,31-/m0/s1. The Labute approximate surface area is 252 Å². The molecule has 2 amide bonds. The Morgan fingerprint density at radius 2 is 1.91 bits per heavy atom. The van der Waals surface area contributed by atoms with Crippen LogP contribution in [0.25, 0.3) is 0 Å². The molecule has 0 bridgehead atoms. The number of cyclic esters (lactones) is 1. The van der Waals surface area contributed by atoms with Crippen molar-refractivity contribution in [1.29, 1.82) is 0 Å². The summed E-state index contributed by atoms with van der Waals surface area (Å²) in [6.45, 7) is 4.68. The number of carbonyl (C=O) groups is 3. The summed E-state index contributed by atoms with van der Waals surface area (Å²) < 4.78 is 28.1. The van der Waals surface area contributed by atoms with Crippen LogP contribution in [0, 0.1) is 23.7 Å². The van der Waals surface area contributed by atoms with Gasteiger partial charge in [0, 0.05) is 18.9 Å². The van der Waals surface area contributed by atoms with Crippen LogP contribution in [0.1, 0.15) is 51.5 Å². The average Bonchev–Trinajstić information content (AvgIpc) is 2.99. The molecule has 1 heterocycles. The van der Waals surface area contributed by atoms with Crippen LogP contribution in [0.5, 0.6) is 5.75 Å². The summed E-state index contributed by atoms with van der Waals surface area (Å²) in [5, 5.41) is 11.2. The van der Waals surface area contributed by atoms with Crippen molar-refractivity contribution >= 4 is 18.0 Å². The van der Waals surface area contributed by atoms with Crippen LogP contribution in [0.15, 0.2) is 48.1 Å². The summed E-state index contributed by atoms with van der Waals surface area (Å²) in [6.07, 6.45) is 8.48. The minimum Gasteiger partial charge on any atom is -0.497 e. The molecule has 1 saturated heterocycles. The van der Waals surface area contributed by atoms with E-state index in [1.807, 2.05) is 24.3 Å². The van der Waals surface area contributed by atoms with Crippen molar-refractivity contribution in [3.8, 4) is 5.75 Å². The normalized spacial score (nSPS) is 28.2. The van der Waals surface area contributed by atoms with Crippen LogP contribution in [-0.2, 0) is 35.1 Å². The monoisotopic (exact) mass is 600 g/mol. The fraction of sp³-hybridized carbons (Fsp3) is 0.594. The maximum absolute atomic E-state index is 12.7. The first-order valence-corrected chi connectivity index (χ1v) is 15.0. The van der Waals surface area contributed by atoms with E-state index in [-0.39, 0.29) is 74.1 Å². The van der Waals surface area contributed by atoms with Gasteiger partial charge in [-0.25, -0.2) is 10.3 Å². The molecule has 11 heteroatoms. The molecule has 0 aromatic heterocycles. The highest BCUT2D eigenvalue weighted by Gasteiger charge is 2.42. The van der Waals surface area contributed by atoms with E-state index in [1.54, 1.807) is 7.11 Å². The van der Waals surface area contributed by atoms with Crippen molar-refractivity contribution in [2.75, 3.05) is 26.9 Å². The summed E-state index contributed by atoms with van der Waals surface area (Å²) in [5.41, 5.74) is 3.68. The first-order chi connectivity index (χ1) is 20.7. The van der Waals surface area contributed by atoms with Gasteiger partial charge in [-0.3, -0.25) is 14.8 Å². The molecule has 2 aliphatic carbocycles. The minimum absolute atomic E-state index is 0.0351. The number of hydrogen-bond acceptors (Lipinski definition) is 9. The number of methoxy groups -OCH3 is 1. The number of esters is 1.